The van der Waals surface area contributed by atoms with Crippen LogP contribution in [-0.2, 0) is 12.8 Å². The average Bonchev–Trinajstić information content (AvgIpc) is 3.25. The van der Waals surface area contributed by atoms with Crippen molar-refractivity contribution in [2.45, 2.75) is 95.5 Å². The second kappa shape index (κ2) is 8.59. The Morgan fingerprint density at radius 1 is 1.11 bits per heavy atom. The van der Waals surface area contributed by atoms with E-state index >= 15 is 0 Å². The van der Waals surface area contributed by atoms with Crippen LogP contribution in [0.1, 0.15) is 86.0 Å². The van der Waals surface area contributed by atoms with Crippen LogP contribution in [0.4, 0.5) is 0 Å². The maximum atomic E-state index is 13.4. The zero-order chi connectivity index (χ0) is 26.1. The van der Waals surface area contributed by atoms with E-state index in [1.54, 1.807) is 7.11 Å². The molecule has 2 fully saturated rings. The first-order chi connectivity index (χ1) is 17.5. The fourth-order valence-electron chi connectivity index (χ4n) is 7.04. The predicted molar refractivity (Wildman–Crippen MR) is 146 cm³/mol. The number of aliphatic imine (C=N–C) groups is 1. The van der Waals surface area contributed by atoms with Gasteiger partial charge in [0.15, 0.2) is 11.5 Å². The number of amides is 1. The third-order valence-corrected chi connectivity index (χ3v) is 8.73. The summed E-state index contributed by atoms with van der Waals surface area (Å²) in [5.41, 5.74) is 5.57. The highest BCUT2D eigenvalue weighted by Gasteiger charge is 2.41. The van der Waals surface area contributed by atoms with Gasteiger partial charge in [0.2, 0.25) is 0 Å². The van der Waals surface area contributed by atoms with Gasteiger partial charge in [-0.2, -0.15) is 0 Å². The largest absolute Gasteiger partial charge is 0.493 e. The van der Waals surface area contributed by atoms with E-state index in [1.165, 1.54) is 18.4 Å². The number of methoxy groups -OCH3 is 1. The van der Waals surface area contributed by atoms with Gasteiger partial charge in [-0.15, -0.1) is 0 Å². The van der Waals surface area contributed by atoms with Crippen molar-refractivity contribution in [3.63, 3.8) is 0 Å². The van der Waals surface area contributed by atoms with E-state index < -0.39 is 0 Å². The number of nitrogens with zero attached hydrogens (tertiary/aromatic N) is 2. The minimum atomic E-state index is -0.308. The minimum Gasteiger partial charge on any atom is -0.493 e. The quantitative estimate of drug-likeness (QED) is 0.645. The lowest BCUT2D eigenvalue weighted by atomic mass is 9.80. The first-order valence-corrected chi connectivity index (χ1v) is 13.7. The number of hydrogen-bond acceptors (Lipinski definition) is 5. The number of nitrogens with one attached hydrogen (secondary N) is 1. The Labute approximate surface area is 220 Å². The van der Waals surface area contributed by atoms with E-state index in [4.69, 9.17) is 14.5 Å². The molecule has 0 radical (unpaired) electrons. The number of carbonyl (C=O) groups excluding carboxylic acids is 1. The molecule has 2 aromatic rings. The molecule has 4 heterocycles. The molecule has 0 aromatic heterocycles. The minimum absolute atomic E-state index is 0.0103. The van der Waals surface area contributed by atoms with E-state index in [-0.39, 0.29) is 23.1 Å². The maximum Gasteiger partial charge on any atom is 0.251 e. The molecular formula is C31H39N3O3. The van der Waals surface area contributed by atoms with Crippen LogP contribution in [0.25, 0.3) is 0 Å². The summed E-state index contributed by atoms with van der Waals surface area (Å²) in [6, 6.07) is 11.5. The summed E-state index contributed by atoms with van der Waals surface area (Å²) in [6.45, 7) is 8.56. The second-order valence-corrected chi connectivity index (χ2v) is 12.7. The number of carbonyl (C=O) groups is 1. The molecule has 2 saturated heterocycles. The molecule has 37 heavy (non-hydrogen) atoms. The molecule has 2 bridgehead atoms. The lowest BCUT2D eigenvalue weighted by molar-refractivity contribution is 0.0882. The van der Waals surface area contributed by atoms with Crippen molar-refractivity contribution in [1.29, 1.82) is 0 Å². The SMILES string of the molecule is COc1cc2c(c3c1OC(C)(C)C3)C(c1cccc(C(=O)NC3CC4CCC(C3)N4C)c1)=NC(C)(C)C2. The van der Waals surface area contributed by atoms with Gasteiger partial charge in [0.25, 0.3) is 5.91 Å². The summed E-state index contributed by atoms with van der Waals surface area (Å²) < 4.78 is 12.1. The van der Waals surface area contributed by atoms with Crippen LogP contribution in [0.2, 0.25) is 0 Å². The first kappa shape index (κ1) is 24.5. The topological polar surface area (TPSA) is 63.2 Å². The molecule has 2 atom stereocenters. The summed E-state index contributed by atoms with van der Waals surface area (Å²) in [4.78, 5) is 21.1. The summed E-state index contributed by atoms with van der Waals surface area (Å²) >= 11 is 0. The number of rotatable bonds is 4. The van der Waals surface area contributed by atoms with Gasteiger partial charge in [-0.3, -0.25) is 9.79 Å². The van der Waals surface area contributed by atoms with Gasteiger partial charge in [0.05, 0.1) is 18.4 Å². The van der Waals surface area contributed by atoms with E-state index in [1.807, 2.05) is 18.2 Å². The summed E-state index contributed by atoms with van der Waals surface area (Å²) in [5.74, 6) is 1.62. The fourth-order valence-corrected chi connectivity index (χ4v) is 7.04. The third-order valence-electron chi connectivity index (χ3n) is 8.73. The van der Waals surface area contributed by atoms with E-state index in [0.717, 1.165) is 59.6 Å². The van der Waals surface area contributed by atoms with Crippen LogP contribution < -0.4 is 14.8 Å². The smallest absolute Gasteiger partial charge is 0.251 e. The Bertz CT molecular complexity index is 1280. The van der Waals surface area contributed by atoms with Crippen LogP contribution in [0, 0.1) is 0 Å². The van der Waals surface area contributed by atoms with Gasteiger partial charge >= 0.3 is 0 Å². The van der Waals surface area contributed by atoms with Gasteiger partial charge in [-0.05, 0) is 90.6 Å². The van der Waals surface area contributed by atoms with Crippen LogP contribution in [0.15, 0.2) is 35.3 Å². The Morgan fingerprint density at radius 3 is 2.54 bits per heavy atom. The van der Waals surface area contributed by atoms with Crippen molar-refractivity contribution in [3.8, 4) is 11.5 Å². The van der Waals surface area contributed by atoms with Gasteiger partial charge in [-0.1, -0.05) is 12.1 Å². The van der Waals surface area contributed by atoms with E-state index in [2.05, 4.69) is 57.1 Å². The summed E-state index contributed by atoms with van der Waals surface area (Å²) in [7, 11) is 3.93. The van der Waals surface area contributed by atoms with Crippen molar-refractivity contribution in [1.82, 2.24) is 10.2 Å². The van der Waals surface area contributed by atoms with Crippen LogP contribution in [0.5, 0.6) is 11.5 Å². The molecule has 0 saturated carbocycles. The van der Waals surface area contributed by atoms with Crippen molar-refractivity contribution < 1.29 is 14.3 Å². The molecule has 2 unspecified atom stereocenters. The van der Waals surface area contributed by atoms with Crippen molar-refractivity contribution in [3.05, 3.63) is 58.1 Å². The molecule has 6 rings (SSSR count). The van der Waals surface area contributed by atoms with E-state index in [9.17, 15) is 4.79 Å². The summed E-state index contributed by atoms with van der Waals surface area (Å²) in [6.07, 6.45) is 6.18. The molecule has 6 nitrogen and oxygen atoms in total. The van der Waals surface area contributed by atoms with Gasteiger partial charge in [0.1, 0.15) is 5.60 Å². The zero-order valence-corrected chi connectivity index (χ0v) is 23.0. The molecule has 2 aromatic carbocycles. The number of fused-ring (bicyclic) bond motifs is 5. The van der Waals surface area contributed by atoms with Crippen molar-refractivity contribution in [2.75, 3.05) is 14.2 Å². The highest BCUT2D eigenvalue weighted by Crippen LogP contribution is 2.48. The highest BCUT2D eigenvalue weighted by molar-refractivity contribution is 6.16. The second-order valence-electron chi connectivity index (χ2n) is 12.7. The van der Waals surface area contributed by atoms with E-state index in [0.29, 0.717) is 17.6 Å². The Balaban J connectivity index is 1.35. The van der Waals surface area contributed by atoms with Crippen LogP contribution in [0.3, 0.4) is 0 Å². The first-order valence-electron chi connectivity index (χ1n) is 13.7. The monoisotopic (exact) mass is 501 g/mol. The lowest BCUT2D eigenvalue weighted by Crippen LogP contribution is -2.48. The molecule has 196 valence electrons. The normalized spacial score (nSPS) is 27.1. The zero-order valence-electron chi connectivity index (χ0n) is 23.0. The molecule has 0 spiro atoms. The molecule has 1 N–H and O–H groups in total. The van der Waals surface area contributed by atoms with Crippen LogP contribution in [-0.4, -0.2) is 59.9 Å². The predicted octanol–water partition coefficient (Wildman–Crippen LogP) is 4.94. The molecule has 0 aliphatic carbocycles. The maximum absolute atomic E-state index is 13.4. The Morgan fingerprint density at radius 2 is 1.84 bits per heavy atom. The average molecular weight is 502 g/mol. The van der Waals surface area contributed by atoms with Gasteiger partial charge < -0.3 is 19.7 Å². The molecule has 4 aliphatic rings. The Hall–Kier alpha value is -2.86. The number of ether oxygens (including phenoxy) is 2. The molecule has 6 heteroatoms. The number of hydrogen-bond donors (Lipinski definition) is 1. The Kier molecular flexibility index (Phi) is 5.68. The van der Waals surface area contributed by atoms with Crippen LogP contribution >= 0.6 is 0 Å². The number of piperidine rings is 1. The lowest BCUT2D eigenvalue weighted by Gasteiger charge is -2.36. The van der Waals surface area contributed by atoms with Crippen molar-refractivity contribution >= 4 is 11.6 Å². The number of benzene rings is 2. The fraction of sp³-hybridized carbons (Fsp3) is 0.548. The van der Waals surface area contributed by atoms with Crippen molar-refractivity contribution in [2.24, 2.45) is 4.99 Å². The third kappa shape index (κ3) is 4.33. The van der Waals surface area contributed by atoms with Gasteiger partial charge in [-0.25, -0.2) is 0 Å². The molecular weight excluding hydrogens is 462 g/mol. The molecule has 4 aliphatic heterocycles. The molecule has 1 amide bonds. The standard InChI is InChI=1S/C31H39N3O3/c1-30(2)16-20-13-25(36-6)28-24(17-31(3,4)37-28)26(20)27(33-30)18-8-7-9-19(12-18)29(35)32-21-14-22-10-11-23(15-21)34(22)5/h7-9,12-13,21-23H,10-11,14-17H2,1-6H3,(H,32,35). The highest BCUT2D eigenvalue weighted by atomic mass is 16.5. The van der Waals surface area contributed by atoms with Gasteiger partial charge in [0, 0.05) is 46.8 Å². The summed E-state index contributed by atoms with van der Waals surface area (Å²) in [5, 5.41) is 3.35.